The molecule has 0 radical (unpaired) electrons. The van der Waals surface area contributed by atoms with Crippen molar-refractivity contribution >= 4 is 17.4 Å². The van der Waals surface area contributed by atoms with Crippen molar-refractivity contribution in [3.8, 4) is 17.2 Å². The van der Waals surface area contributed by atoms with Gasteiger partial charge in [-0.1, -0.05) is 0 Å². The fraction of sp³-hybridized carbons (Fsp3) is 0.533. The summed E-state index contributed by atoms with van der Waals surface area (Å²) < 4.78 is 16.6. The number of Topliss-reactive ketones (excluding diaryl/α,β-unsaturated/α-hetero) is 1. The van der Waals surface area contributed by atoms with E-state index >= 15 is 0 Å². The maximum atomic E-state index is 12.1. The number of hydrogen-bond donors (Lipinski definition) is 0. The minimum Gasteiger partial charge on any atom is -0.493 e. The van der Waals surface area contributed by atoms with Gasteiger partial charge in [-0.2, -0.15) is 0 Å². The molecule has 0 aliphatic heterocycles. The van der Waals surface area contributed by atoms with Gasteiger partial charge < -0.3 is 14.2 Å². The lowest BCUT2D eigenvalue weighted by atomic mass is 10.1. The summed E-state index contributed by atoms with van der Waals surface area (Å²) in [7, 11) is 0. The van der Waals surface area contributed by atoms with Gasteiger partial charge in [0.15, 0.2) is 17.3 Å². The van der Waals surface area contributed by atoms with Crippen LogP contribution in [0.2, 0.25) is 0 Å². The second kappa shape index (κ2) is 8.69. The van der Waals surface area contributed by atoms with Crippen LogP contribution in [-0.2, 0) is 0 Å². The van der Waals surface area contributed by atoms with Gasteiger partial charge in [-0.15, -0.1) is 11.6 Å². The van der Waals surface area contributed by atoms with E-state index in [1.807, 2.05) is 20.8 Å². The lowest BCUT2D eigenvalue weighted by molar-refractivity contribution is 0.0985. The van der Waals surface area contributed by atoms with Crippen molar-refractivity contribution in [2.45, 2.75) is 27.2 Å². The lowest BCUT2D eigenvalue weighted by Crippen LogP contribution is -2.07. The van der Waals surface area contributed by atoms with Crippen molar-refractivity contribution in [3.63, 3.8) is 0 Å². The Morgan fingerprint density at radius 3 is 1.95 bits per heavy atom. The molecule has 0 aliphatic rings. The van der Waals surface area contributed by atoms with Gasteiger partial charge in [-0.3, -0.25) is 4.79 Å². The van der Waals surface area contributed by atoms with E-state index in [0.717, 1.165) is 0 Å². The number of hydrogen-bond acceptors (Lipinski definition) is 4. The molecule has 0 N–H and O–H groups in total. The summed E-state index contributed by atoms with van der Waals surface area (Å²) in [5.74, 6) is 1.86. The van der Waals surface area contributed by atoms with Crippen LogP contribution < -0.4 is 14.2 Å². The monoisotopic (exact) mass is 300 g/mol. The van der Waals surface area contributed by atoms with Crippen LogP contribution >= 0.6 is 11.6 Å². The Morgan fingerprint density at radius 2 is 1.45 bits per heavy atom. The number of benzene rings is 1. The third-order valence-corrected chi connectivity index (χ3v) is 2.76. The highest BCUT2D eigenvalue weighted by Crippen LogP contribution is 2.36. The number of ketones is 1. The minimum atomic E-state index is -0.0625. The fourth-order valence-electron chi connectivity index (χ4n) is 1.79. The van der Waals surface area contributed by atoms with E-state index < -0.39 is 0 Å². The van der Waals surface area contributed by atoms with E-state index in [2.05, 4.69) is 0 Å². The maximum absolute atomic E-state index is 12.1. The zero-order valence-electron chi connectivity index (χ0n) is 12.2. The van der Waals surface area contributed by atoms with Crippen molar-refractivity contribution in [2.24, 2.45) is 0 Å². The third-order valence-electron chi connectivity index (χ3n) is 2.57. The van der Waals surface area contributed by atoms with E-state index in [0.29, 0.717) is 42.6 Å². The standard InChI is InChI=1S/C15H21ClO4/c1-4-18-13-10-15(20-6-3)14(19-5-2)9-11(13)12(17)7-8-16/h9-10H,4-8H2,1-3H3. The molecule has 1 rings (SSSR count). The predicted molar refractivity (Wildman–Crippen MR) is 79.6 cm³/mol. The zero-order valence-corrected chi connectivity index (χ0v) is 13.0. The molecule has 0 aromatic heterocycles. The summed E-state index contributed by atoms with van der Waals surface area (Å²) in [6.07, 6.45) is 0.265. The predicted octanol–water partition coefficient (Wildman–Crippen LogP) is 3.69. The first kappa shape index (κ1) is 16.6. The zero-order chi connectivity index (χ0) is 15.0. The summed E-state index contributed by atoms with van der Waals surface area (Å²) in [5, 5.41) is 0. The summed E-state index contributed by atoms with van der Waals surface area (Å²) in [6.45, 7) is 7.13. The molecule has 0 spiro atoms. The van der Waals surface area contributed by atoms with Crippen molar-refractivity contribution in [2.75, 3.05) is 25.7 Å². The van der Waals surface area contributed by atoms with Crippen LogP contribution in [0, 0.1) is 0 Å². The number of halogens is 1. The van der Waals surface area contributed by atoms with E-state index in [9.17, 15) is 4.79 Å². The van der Waals surface area contributed by atoms with E-state index in [4.69, 9.17) is 25.8 Å². The molecule has 0 saturated heterocycles. The third kappa shape index (κ3) is 4.30. The summed E-state index contributed by atoms with van der Waals surface area (Å²) >= 11 is 5.64. The van der Waals surface area contributed by atoms with Crippen molar-refractivity contribution < 1.29 is 19.0 Å². The number of carbonyl (C=O) groups excluding carboxylic acids is 1. The van der Waals surface area contributed by atoms with E-state index in [1.165, 1.54) is 0 Å². The van der Waals surface area contributed by atoms with Crippen molar-refractivity contribution in [1.29, 1.82) is 0 Å². The largest absolute Gasteiger partial charge is 0.493 e. The molecule has 20 heavy (non-hydrogen) atoms. The van der Waals surface area contributed by atoms with Crippen LogP contribution in [0.5, 0.6) is 17.2 Å². The molecule has 0 unspecified atom stereocenters. The van der Waals surface area contributed by atoms with Gasteiger partial charge in [0.05, 0.1) is 25.4 Å². The van der Waals surface area contributed by atoms with Gasteiger partial charge >= 0.3 is 0 Å². The molecule has 0 atom stereocenters. The average molecular weight is 301 g/mol. The Morgan fingerprint density at radius 1 is 0.950 bits per heavy atom. The molecular formula is C15H21ClO4. The Labute approximate surface area is 125 Å². The molecule has 0 amide bonds. The average Bonchev–Trinajstić information content (AvgIpc) is 2.42. The second-order valence-corrected chi connectivity index (χ2v) is 4.33. The van der Waals surface area contributed by atoms with Gasteiger partial charge in [0, 0.05) is 18.4 Å². The molecule has 0 fully saturated rings. The van der Waals surface area contributed by atoms with Crippen LogP contribution in [-0.4, -0.2) is 31.5 Å². The van der Waals surface area contributed by atoms with Crippen molar-refractivity contribution in [3.05, 3.63) is 17.7 Å². The van der Waals surface area contributed by atoms with Crippen LogP contribution in [0.15, 0.2) is 12.1 Å². The molecule has 1 aromatic rings. The molecule has 0 bridgehead atoms. The molecule has 5 heteroatoms. The Hall–Kier alpha value is -1.42. The smallest absolute Gasteiger partial charge is 0.167 e. The van der Waals surface area contributed by atoms with Crippen molar-refractivity contribution in [1.82, 2.24) is 0 Å². The van der Waals surface area contributed by atoms with Gasteiger partial charge in [0.25, 0.3) is 0 Å². The maximum Gasteiger partial charge on any atom is 0.167 e. The number of rotatable bonds is 9. The number of alkyl halides is 1. The van der Waals surface area contributed by atoms with Crippen LogP contribution in [0.25, 0.3) is 0 Å². The summed E-state index contributed by atoms with van der Waals surface area (Å²) in [6, 6.07) is 3.38. The first-order valence-corrected chi connectivity index (χ1v) is 7.36. The molecule has 0 aliphatic carbocycles. The summed E-state index contributed by atoms with van der Waals surface area (Å²) in [5.41, 5.74) is 0.486. The first-order chi connectivity index (χ1) is 9.67. The topological polar surface area (TPSA) is 44.8 Å². The van der Waals surface area contributed by atoms with Crippen LogP contribution in [0.1, 0.15) is 37.6 Å². The van der Waals surface area contributed by atoms with Gasteiger partial charge in [-0.05, 0) is 26.8 Å². The SMILES string of the molecule is CCOc1cc(OCC)c(C(=O)CCCl)cc1OCC. The fourth-order valence-corrected chi connectivity index (χ4v) is 1.96. The van der Waals surface area contributed by atoms with Crippen LogP contribution in [0.3, 0.4) is 0 Å². The lowest BCUT2D eigenvalue weighted by Gasteiger charge is -2.16. The first-order valence-electron chi connectivity index (χ1n) is 6.83. The Kier molecular flexibility index (Phi) is 7.23. The normalized spacial score (nSPS) is 10.2. The van der Waals surface area contributed by atoms with Crippen LogP contribution in [0.4, 0.5) is 0 Å². The molecule has 1 aromatic carbocycles. The number of ether oxygens (including phenoxy) is 3. The molecular weight excluding hydrogens is 280 g/mol. The van der Waals surface area contributed by atoms with E-state index in [-0.39, 0.29) is 18.1 Å². The highest BCUT2D eigenvalue weighted by molar-refractivity contribution is 6.19. The minimum absolute atomic E-state index is 0.0625. The Bertz CT molecular complexity index is 446. The van der Waals surface area contributed by atoms with Gasteiger partial charge in [-0.25, -0.2) is 0 Å². The Balaban J connectivity index is 3.24. The highest BCUT2D eigenvalue weighted by atomic mass is 35.5. The second-order valence-electron chi connectivity index (χ2n) is 3.96. The number of carbonyl (C=O) groups is 1. The molecule has 4 nitrogen and oxygen atoms in total. The van der Waals surface area contributed by atoms with Gasteiger partial charge in [0.1, 0.15) is 5.75 Å². The summed E-state index contributed by atoms with van der Waals surface area (Å²) in [4.78, 5) is 12.1. The highest BCUT2D eigenvalue weighted by Gasteiger charge is 2.18. The molecule has 0 heterocycles. The molecule has 112 valence electrons. The molecule has 0 saturated carbocycles. The van der Waals surface area contributed by atoms with E-state index in [1.54, 1.807) is 12.1 Å². The van der Waals surface area contributed by atoms with Gasteiger partial charge in [0.2, 0.25) is 0 Å². The quantitative estimate of drug-likeness (QED) is 0.515.